The summed E-state index contributed by atoms with van der Waals surface area (Å²) < 4.78 is 29.6. The van der Waals surface area contributed by atoms with Crippen LogP contribution in [0.25, 0.3) is 0 Å². The minimum atomic E-state index is -4.02. The molecular formula is C17H20N2O3S2. The van der Waals surface area contributed by atoms with Crippen molar-refractivity contribution in [3.63, 3.8) is 0 Å². The Labute approximate surface area is 148 Å². The molecule has 0 radical (unpaired) electrons. The maximum absolute atomic E-state index is 10.5. The van der Waals surface area contributed by atoms with E-state index in [4.69, 9.17) is 16.8 Å². The monoisotopic (exact) mass is 364 g/mol. The van der Waals surface area contributed by atoms with E-state index in [1.165, 1.54) is 17.7 Å². The van der Waals surface area contributed by atoms with Gasteiger partial charge >= 0.3 is 0 Å². The molecule has 2 aromatic carbocycles. The third-order valence-corrected chi connectivity index (χ3v) is 5.13. The number of hydrogen-bond acceptors (Lipinski definition) is 3. The third kappa shape index (κ3) is 4.31. The van der Waals surface area contributed by atoms with E-state index in [0.29, 0.717) is 6.04 Å². The van der Waals surface area contributed by atoms with Crippen LogP contribution < -0.4 is 5.32 Å². The number of aryl methyl sites for hydroxylation is 1. The molecule has 0 spiro atoms. The average Bonchev–Trinajstić information content (AvgIpc) is 2.53. The first-order chi connectivity index (χ1) is 11.2. The summed E-state index contributed by atoms with van der Waals surface area (Å²) in [6.45, 7) is 4.00. The number of para-hydroxylation sites is 1. The molecular weight excluding hydrogens is 344 g/mol. The Morgan fingerprint density at radius 2 is 1.71 bits per heavy atom. The SMILES string of the molecule is CC1c2ccccc2NC(=S)N1C.Cc1ccc(S(=O)(=O)O)cc1. The van der Waals surface area contributed by atoms with Crippen LogP contribution in [0.5, 0.6) is 0 Å². The summed E-state index contributed by atoms with van der Waals surface area (Å²) >= 11 is 5.20. The molecule has 0 saturated carbocycles. The molecule has 1 atom stereocenters. The van der Waals surface area contributed by atoms with Gasteiger partial charge in [0.2, 0.25) is 0 Å². The maximum Gasteiger partial charge on any atom is 0.294 e. The maximum atomic E-state index is 10.5. The minimum Gasteiger partial charge on any atom is -0.345 e. The van der Waals surface area contributed by atoms with Gasteiger partial charge in [-0.2, -0.15) is 8.42 Å². The van der Waals surface area contributed by atoms with E-state index >= 15 is 0 Å². The molecule has 3 rings (SSSR count). The molecule has 2 N–H and O–H groups in total. The van der Waals surface area contributed by atoms with Gasteiger partial charge in [-0.15, -0.1) is 0 Å². The normalized spacial score (nSPS) is 16.6. The van der Waals surface area contributed by atoms with Crippen LogP contribution in [-0.2, 0) is 10.1 Å². The number of rotatable bonds is 1. The Kier molecular flexibility index (Phi) is 5.58. The second-order valence-corrected chi connectivity index (χ2v) is 7.40. The summed E-state index contributed by atoms with van der Waals surface area (Å²) in [5.74, 6) is 0. The molecule has 7 heteroatoms. The Morgan fingerprint density at radius 3 is 2.29 bits per heavy atom. The Bertz CT molecular complexity index is 833. The van der Waals surface area contributed by atoms with Crippen LogP contribution in [0.3, 0.4) is 0 Å². The van der Waals surface area contributed by atoms with Crippen molar-refractivity contribution in [3.8, 4) is 0 Å². The molecule has 5 nitrogen and oxygen atoms in total. The van der Waals surface area contributed by atoms with Gasteiger partial charge in [-0.05, 0) is 49.8 Å². The summed E-state index contributed by atoms with van der Waals surface area (Å²) in [4.78, 5) is 2.00. The summed E-state index contributed by atoms with van der Waals surface area (Å²) in [5, 5.41) is 3.99. The number of anilines is 1. The predicted molar refractivity (Wildman–Crippen MR) is 99.8 cm³/mol. The summed E-state index contributed by atoms with van der Waals surface area (Å²) in [6, 6.07) is 14.6. The fourth-order valence-corrected chi connectivity index (χ4v) is 3.02. The Balaban J connectivity index is 0.000000177. The average molecular weight is 364 g/mol. The van der Waals surface area contributed by atoms with Gasteiger partial charge in [0, 0.05) is 12.7 Å². The summed E-state index contributed by atoms with van der Waals surface area (Å²) in [5.41, 5.74) is 3.40. The van der Waals surface area contributed by atoms with Crippen molar-refractivity contribution in [2.75, 3.05) is 12.4 Å². The quantitative estimate of drug-likeness (QED) is 0.595. The molecule has 24 heavy (non-hydrogen) atoms. The topological polar surface area (TPSA) is 69.6 Å². The highest BCUT2D eigenvalue weighted by atomic mass is 32.2. The third-order valence-electron chi connectivity index (χ3n) is 3.87. The lowest BCUT2D eigenvalue weighted by Gasteiger charge is -2.34. The van der Waals surface area contributed by atoms with Gasteiger partial charge < -0.3 is 10.2 Å². The van der Waals surface area contributed by atoms with Crippen molar-refractivity contribution in [2.24, 2.45) is 0 Å². The molecule has 0 bridgehead atoms. The molecule has 1 aliphatic rings. The lowest BCUT2D eigenvalue weighted by Crippen LogP contribution is -2.37. The molecule has 0 fully saturated rings. The number of hydrogen-bond donors (Lipinski definition) is 2. The van der Waals surface area contributed by atoms with Gasteiger partial charge in [0.05, 0.1) is 10.9 Å². The van der Waals surface area contributed by atoms with Crippen molar-refractivity contribution < 1.29 is 13.0 Å². The zero-order valence-corrected chi connectivity index (χ0v) is 15.4. The van der Waals surface area contributed by atoms with Gasteiger partial charge in [0.25, 0.3) is 10.1 Å². The highest BCUT2D eigenvalue weighted by molar-refractivity contribution is 7.85. The largest absolute Gasteiger partial charge is 0.345 e. The Hall–Kier alpha value is -1.96. The van der Waals surface area contributed by atoms with Gasteiger partial charge in [0.15, 0.2) is 5.11 Å². The van der Waals surface area contributed by atoms with E-state index in [9.17, 15) is 8.42 Å². The van der Waals surface area contributed by atoms with Crippen LogP contribution in [-0.4, -0.2) is 30.0 Å². The van der Waals surface area contributed by atoms with Gasteiger partial charge in [-0.3, -0.25) is 4.55 Å². The number of nitrogens with one attached hydrogen (secondary N) is 1. The molecule has 0 aliphatic carbocycles. The fraction of sp³-hybridized carbons (Fsp3) is 0.235. The summed E-state index contributed by atoms with van der Waals surface area (Å²) in [6.07, 6.45) is 0. The van der Waals surface area contributed by atoms with Gasteiger partial charge in [0.1, 0.15) is 0 Å². The van der Waals surface area contributed by atoms with Crippen LogP contribution in [0.4, 0.5) is 5.69 Å². The molecule has 0 amide bonds. The van der Waals surface area contributed by atoms with Gasteiger partial charge in [-0.25, -0.2) is 0 Å². The molecule has 1 unspecified atom stereocenters. The van der Waals surface area contributed by atoms with Crippen LogP contribution in [0.15, 0.2) is 53.4 Å². The zero-order valence-electron chi connectivity index (χ0n) is 13.7. The van der Waals surface area contributed by atoms with E-state index in [1.54, 1.807) is 12.1 Å². The van der Waals surface area contributed by atoms with Crippen LogP contribution in [0, 0.1) is 6.92 Å². The number of benzene rings is 2. The lowest BCUT2D eigenvalue weighted by atomic mass is 10.0. The molecule has 128 valence electrons. The number of nitrogens with zero attached hydrogens (tertiary/aromatic N) is 1. The summed E-state index contributed by atoms with van der Waals surface area (Å²) in [7, 11) is -2.01. The van der Waals surface area contributed by atoms with E-state index < -0.39 is 10.1 Å². The van der Waals surface area contributed by atoms with Crippen LogP contribution in [0.1, 0.15) is 24.1 Å². The van der Waals surface area contributed by atoms with Crippen molar-refractivity contribution in [1.29, 1.82) is 0 Å². The number of fused-ring (bicyclic) bond motifs is 1. The molecule has 0 aromatic heterocycles. The molecule has 0 saturated heterocycles. The lowest BCUT2D eigenvalue weighted by molar-refractivity contribution is 0.402. The van der Waals surface area contributed by atoms with E-state index in [-0.39, 0.29) is 4.90 Å². The smallest absolute Gasteiger partial charge is 0.294 e. The van der Waals surface area contributed by atoms with Crippen LogP contribution in [0.2, 0.25) is 0 Å². The molecule has 2 aromatic rings. The van der Waals surface area contributed by atoms with E-state index in [2.05, 4.69) is 35.3 Å². The highest BCUT2D eigenvalue weighted by Crippen LogP contribution is 2.30. The first-order valence-electron chi connectivity index (χ1n) is 7.37. The van der Waals surface area contributed by atoms with Crippen LogP contribution >= 0.6 is 12.2 Å². The fourth-order valence-electron chi connectivity index (χ4n) is 2.27. The van der Waals surface area contributed by atoms with Crippen molar-refractivity contribution in [2.45, 2.75) is 24.8 Å². The zero-order chi connectivity index (χ0) is 17.9. The van der Waals surface area contributed by atoms with Crippen molar-refractivity contribution >= 4 is 33.1 Å². The second-order valence-electron chi connectivity index (χ2n) is 5.59. The first kappa shape index (κ1) is 18.4. The van der Waals surface area contributed by atoms with Gasteiger partial charge in [-0.1, -0.05) is 35.9 Å². The standard InChI is InChI=1S/C10H12N2S.C7H8O3S/c1-7-8-5-3-4-6-9(8)11-10(13)12(7)2;1-6-2-4-7(5-3-6)11(8,9)10/h3-7H,1-2H3,(H,11,13);2-5H,1H3,(H,8,9,10). The van der Waals surface area contributed by atoms with E-state index in [1.807, 2.05) is 20.0 Å². The number of thiocarbonyl (C=S) groups is 1. The predicted octanol–water partition coefficient (Wildman–Crippen LogP) is 3.63. The first-order valence-corrected chi connectivity index (χ1v) is 9.22. The van der Waals surface area contributed by atoms with Crippen molar-refractivity contribution in [3.05, 3.63) is 59.7 Å². The Morgan fingerprint density at radius 1 is 1.12 bits per heavy atom. The van der Waals surface area contributed by atoms with Crippen molar-refractivity contribution in [1.82, 2.24) is 4.90 Å². The second kappa shape index (κ2) is 7.29. The molecule has 1 heterocycles. The molecule has 1 aliphatic heterocycles. The minimum absolute atomic E-state index is 0.0666. The highest BCUT2D eigenvalue weighted by Gasteiger charge is 2.22. The van der Waals surface area contributed by atoms with E-state index in [0.717, 1.165) is 16.4 Å².